The third-order valence-corrected chi connectivity index (χ3v) is 6.79. The molecule has 0 spiro atoms. The smallest absolute Gasteiger partial charge is 0.250 e. The molecule has 2 heterocycles. The van der Waals surface area contributed by atoms with Crippen molar-refractivity contribution in [1.82, 2.24) is 4.57 Å². The van der Waals surface area contributed by atoms with Crippen LogP contribution in [0.4, 0.5) is 8.78 Å². The maximum absolute atomic E-state index is 13.8. The molecule has 4 nitrogen and oxygen atoms in total. The van der Waals surface area contributed by atoms with Crippen LogP contribution in [0.5, 0.6) is 0 Å². The molecule has 1 N–H and O–H groups in total. The maximum Gasteiger partial charge on any atom is 0.250 e. The number of hydrogen-bond donors (Lipinski definition) is 1. The summed E-state index contributed by atoms with van der Waals surface area (Å²) in [7, 11) is 0. The number of carbonyl (C=O) groups excluding carboxylic acids is 1. The fraction of sp³-hybridized carbons (Fsp3) is 0.591. The molecule has 2 fully saturated rings. The average Bonchev–Trinajstić information content (AvgIpc) is 3.32. The van der Waals surface area contributed by atoms with E-state index in [1.165, 1.54) is 6.92 Å². The summed E-state index contributed by atoms with van der Waals surface area (Å²) in [6, 6.07) is 5.51. The first-order valence-corrected chi connectivity index (χ1v) is 10.6. The molecule has 1 saturated carbocycles. The average molecular weight is 426 g/mol. The van der Waals surface area contributed by atoms with Crippen LogP contribution >= 0.6 is 11.6 Å². The van der Waals surface area contributed by atoms with E-state index in [4.69, 9.17) is 16.3 Å². The molecule has 2 aliphatic rings. The molecule has 1 aromatic heterocycles. The van der Waals surface area contributed by atoms with Crippen LogP contribution in [-0.2, 0) is 4.74 Å². The van der Waals surface area contributed by atoms with Gasteiger partial charge in [0.1, 0.15) is 6.23 Å². The van der Waals surface area contributed by atoms with Crippen LogP contribution in [0.15, 0.2) is 24.4 Å². The summed E-state index contributed by atoms with van der Waals surface area (Å²) in [5.74, 6) is -3.79. The quantitative estimate of drug-likeness (QED) is 0.620. The number of aliphatic hydroxyl groups is 1. The lowest BCUT2D eigenvalue weighted by Gasteiger charge is -2.40. The van der Waals surface area contributed by atoms with Crippen LogP contribution in [0, 0.1) is 5.92 Å². The minimum Gasteiger partial charge on any atom is -0.390 e. The molecule has 1 aliphatic heterocycles. The SMILES string of the molecule is CC1CC(O)(CCC(=O)c2cn(C3CCCO3)c3cccc(Cl)c23)CCC1(F)F. The van der Waals surface area contributed by atoms with E-state index >= 15 is 0 Å². The summed E-state index contributed by atoms with van der Waals surface area (Å²) in [5.41, 5.74) is 0.115. The predicted octanol–water partition coefficient (Wildman–Crippen LogP) is 5.75. The zero-order chi connectivity index (χ0) is 20.8. The van der Waals surface area contributed by atoms with Crippen molar-refractivity contribution < 1.29 is 23.4 Å². The summed E-state index contributed by atoms with van der Waals surface area (Å²) < 4.78 is 35.3. The molecule has 7 heteroatoms. The van der Waals surface area contributed by atoms with Gasteiger partial charge in [-0.2, -0.15) is 0 Å². The van der Waals surface area contributed by atoms with Crippen molar-refractivity contribution in [2.75, 3.05) is 6.61 Å². The first-order valence-electron chi connectivity index (χ1n) is 10.2. The second kappa shape index (κ2) is 7.64. The lowest BCUT2D eigenvalue weighted by atomic mass is 9.74. The van der Waals surface area contributed by atoms with Crippen molar-refractivity contribution >= 4 is 28.3 Å². The van der Waals surface area contributed by atoms with Gasteiger partial charge in [0.25, 0.3) is 5.92 Å². The molecule has 3 atom stereocenters. The van der Waals surface area contributed by atoms with Crippen LogP contribution < -0.4 is 0 Å². The summed E-state index contributed by atoms with van der Waals surface area (Å²) in [6.45, 7) is 2.14. The minimum atomic E-state index is -2.75. The Labute approximate surface area is 173 Å². The van der Waals surface area contributed by atoms with E-state index in [1.54, 1.807) is 12.3 Å². The third kappa shape index (κ3) is 3.94. The highest BCUT2D eigenvalue weighted by Crippen LogP contribution is 2.44. The van der Waals surface area contributed by atoms with Crippen LogP contribution in [0.3, 0.4) is 0 Å². The van der Waals surface area contributed by atoms with Gasteiger partial charge >= 0.3 is 0 Å². The number of Topliss-reactive ketones (excluding diaryl/α,β-unsaturated/α-hetero) is 1. The van der Waals surface area contributed by atoms with Gasteiger partial charge in [-0.25, -0.2) is 8.78 Å². The van der Waals surface area contributed by atoms with Gasteiger partial charge in [-0.3, -0.25) is 4.79 Å². The van der Waals surface area contributed by atoms with Gasteiger partial charge in [0.2, 0.25) is 0 Å². The lowest BCUT2D eigenvalue weighted by Crippen LogP contribution is -2.44. The number of halogens is 3. The highest BCUT2D eigenvalue weighted by atomic mass is 35.5. The maximum atomic E-state index is 13.8. The third-order valence-electron chi connectivity index (χ3n) is 6.47. The van der Waals surface area contributed by atoms with Gasteiger partial charge in [0.05, 0.1) is 16.1 Å². The number of fused-ring (bicyclic) bond motifs is 1. The van der Waals surface area contributed by atoms with E-state index in [0.717, 1.165) is 18.4 Å². The largest absolute Gasteiger partial charge is 0.390 e. The van der Waals surface area contributed by atoms with E-state index in [1.807, 2.05) is 16.7 Å². The molecule has 4 rings (SSSR count). The molecule has 158 valence electrons. The molecule has 2 aromatic rings. The predicted molar refractivity (Wildman–Crippen MR) is 108 cm³/mol. The second-order valence-corrected chi connectivity index (χ2v) is 8.97. The Morgan fingerprint density at radius 2 is 2.17 bits per heavy atom. The normalized spacial score (nSPS) is 29.4. The zero-order valence-corrected chi connectivity index (χ0v) is 17.2. The molecule has 1 saturated heterocycles. The standard InChI is InChI=1S/C22H26ClF2NO3/c1-14-12-21(28,9-10-22(14,24)25)8-7-18(27)15-13-26(19-6-3-11-29-19)17-5-2-4-16(23)20(15)17/h2,4-5,13-14,19,28H,3,6-12H2,1H3. The fourth-order valence-electron chi connectivity index (χ4n) is 4.67. The number of ether oxygens (including phenoxy) is 1. The summed E-state index contributed by atoms with van der Waals surface area (Å²) in [5, 5.41) is 12.0. The number of nitrogens with zero attached hydrogens (tertiary/aromatic N) is 1. The Balaban J connectivity index is 1.56. The van der Waals surface area contributed by atoms with E-state index in [0.29, 0.717) is 22.6 Å². The Morgan fingerprint density at radius 1 is 1.38 bits per heavy atom. The number of carbonyl (C=O) groups is 1. The summed E-state index contributed by atoms with van der Waals surface area (Å²) in [6.07, 6.45) is 3.43. The number of rotatable bonds is 5. The Morgan fingerprint density at radius 3 is 2.86 bits per heavy atom. The number of ketones is 1. The molecular weight excluding hydrogens is 400 g/mol. The van der Waals surface area contributed by atoms with Crippen LogP contribution in [-0.4, -0.2) is 33.6 Å². The highest BCUT2D eigenvalue weighted by molar-refractivity contribution is 6.37. The molecule has 0 bridgehead atoms. The molecular formula is C22H26ClF2NO3. The van der Waals surface area contributed by atoms with Gasteiger partial charge in [0.15, 0.2) is 5.78 Å². The monoisotopic (exact) mass is 425 g/mol. The molecule has 1 aliphatic carbocycles. The minimum absolute atomic E-state index is 0.00566. The van der Waals surface area contributed by atoms with Crippen molar-refractivity contribution in [3.63, 3.8) is 0 Å². The number of aromatic nitrogens is 1. The van der Waals surface area contributed by atoms with Gasteiger partial charge in [-0.1, -0.05) is 24.6 Å². The van der Waals surface area contributed by atoms with E-state index in [2.05, 4.69) is 0 Å². The van der Waals surface area contributed by atoms with Gasteiger partial charge in [0, 0.05) is 42.5 Å². The molecule has 0 amide bonds. The lowest BCUT2D eigenvalue weighted by molar-refractivity contribution is -0.142. The van der Waals surface area contributed by atoms with Crippen molar-refractivity contribution in [3.8, 4) is 0 Å². The number of alkyl halides is 2. The van der Waals surface area contributed by atoms with Gasteiger partial charge in [-0.05, 0) is 44.2 Å². The van der Waals surface area contributed by atoms with Crippen LogP contribution in [0.25, 0.3) is 10.9 Å². The first kappa shape index (κ1) is 20.8. The Bertz CT molecular complexity index is 922. The highest BCUT2D eigenvalue weighted by Gasteiger charge is 2.47. The van der Waals surface area contributed by atoms with Crippen molar-refractivity contribution in [2.24, 2.45) is 5.92 Å². The number of hydrogen-bond acceptors (Lipinski definition) is 3. The summed E-state index contributed by atoms with van der Waals surface area (Å²) >= 11 is 6.41. The van der Waals surface area contributed by atoms with E-state index in [9.17, 15) is 18.7 Å². The number of benzene rings is 1. The van der Waals surface area contributed by atoms with Gasteiger partial charge in [-0.15, -0.1) is 0 Å². The topological polar surface area (TPSA) is 51.5 Å². The van der Waals surface area contributed by atoms with Crippen LogP contribution in [0.2, 0.25) is 5.02 Å². The van der Waals surface area contributed by atoms with E-state index < -0.39 is 17.4 Å². The molecule has 3 unspecified atom stereocenters. The van der Waals surface area contributed by atoms with Crippen molar-refractivity contribution in [3.05, 3.63) is 35.0 Å². The molecule has 0 radical (unpaired) electrons. The van der Waals surface area contributed by atoms with Crippen LogP contribution in [0.1, 0.15) is 68.5 Å². The van der Waals surface area contributed by atoms with Gasteiger partial charge < -0.3 is 14.4 Å². The Hall–Kier alpha value is -1.50. The first-order chi connectivity index (χ1) is 13.7. The second-order valence-electron chi connectivity index (χ2n) is 8.57. The van der Waals surface area contributed by atoms with Crippen molar-refractivity contribution in [2.45, 2.75) is 69.6 Å². The zero-order valence-electron chi connectivity index (χ0n) is 16.5. The molecule has 29 heavy (non-hydrogen) atoms. The molecule has 1 aromatic carbocycles. The fourth-order valence-corrected chi connectivity index (χ4v) is 4.94. The van der Waals surface area contributed by atoms with Crippen molar-refractivity contribution in [1.29, 1.82) is 0 Å². The Kier molecular flexibility index (Phi) is 5.47. The summed E-state index contributed by atoms with van der Waals surface area (Å²) in [4.78, 5) is 13.1. The van der Waals surface area contributed by atoms with E-state index in [-0.39, 0.29) is 44.1 Å².